The number of aryl methyl sites for hydroxylation is 2. The van der Waals surface area contributed by atoms with Gasteiger partial charge in [0.25, 0.3) is 0 Å². The topological polar surface area (TPSA) is 66.4 Å². The van der Waals surface area contributed by atoms with Gasteiger partial charge in [-0.1, -0.05) is 12.1 Å². The van der Waals surface area contributed by atoms with Crippen LogP contribution < -0.4 is 5.32 Å². The predicted molar refractivity (Wildman–Crippen MR) is 63.3 cm³/mol. The number of likely N-dealkylation sites (N-methyl/N-ethyl adjacent to an activating group) is 1. The lowest BCUT2D eigenvalue weighted by atomic mass is 10.00. The number of benzene rings is 1. The van der Waals surface area contributed by atoms with E-state index >= 15 is 0 Å². The summed E-state index contributed by atoms with van der Waals surface area (Å²) in [5.74, 6) is -1.52. The zero-order chi connectivity index (χ0) is 12.4. The maximum Gasteiger partial charge on any atom is 0.328 e. The van der Waals surface area contributed by atoms with Crippen LogP contribution in [0.5, 0.6) is 0 Å². The molecule has 0 amide bonds. The van der Waals surface area contributed by atoms with Gasteiger partial charge in [0.1, 0.15) is 0 Å². The summed E-state index contributed by atoms with van der Waals surface area (Å²) in [6, 6.07) is 4.33. The summed E-state index contributed by atoms with van der Waals surface area (Å²) in [5, 5.41) is 11.4. The van der Waals surface area contributed by atoms with Crippen molar-refractivity contribution in [1.29, 1.82) is 0 Å². The van der Waals surface area contributed by atoms with E-state index in [4.69, 9.17) is 5.11 Å². The molecule has 0 bridgehead atoms. The molecule has 2 rings (SSSR count). The first kappa shape index (κ1) is 11.8. The number of carbonyl (C=O) groups is 2. The quantitative estimate of drug-likeness (QED) is 0.602. The summed E-state index contributed by atoms with van der Waals surface area (Å²) in [6.07, 6.45) is 3.15. The van der Waals surface area contributed by atoms with Crippen molar-refractivity contribution in [1.82, 2.24) is 5.32 Å². The fourth-order valence-electron chi connectivity index (χ4n) is 2.26. The van der Waals surface area contributed by atoms with Crippen LogP contribution in [0.4, 0.5) is 0 Å². The number of nitrogens with one attached hydrogen (secondary N) is 1. The van der Waals surface area contributed by atoms with Crippen LogP contribution in [0.1, 0.15) is 27.9 Å². The van der Waals surface area contributed by atoms with E-state index in [9.17, 15) is 9.59 Å². The second-order valence-corrected chi connectivity index (χ2v) is 4.26. The summed E-state index contributed by atoms with van der Waals surface area (Å²) in [4.78, 5) is 22.9. The Labute approximate surface area is 99.6 Å². The van der Waals surface area contributed by atoms with Gasteiger partial charge in [-0.25, -0.2) is 0 Å². The first-order chi connectivity index (χ1) is 8.13. The Kier molecular flexibility index (Phi) is 3.24. The average molecular weight is 233 g/mol. The summed E-state index contributed by atoms with van der Waals surface area (Å²) < 4.78 is 0. The molecule has 0 fully saturated rings. The standard InChI is InChI=1S/C13H15NO3/c1-14-11(13(16)17)12(15)10-6-5-8-3-2-4-9(8)7-10/h5-7,11,14H,2-4H2,1H3,(H,16,17). The minimum absolute atomic E-state index is 0.380. The second-order valence-electron chi connectivity index (χ2n) is 4.26. The molecule has 1 aliphatic carbocycles. The molecule has 0 heterocycles. The molecule has 0 radical (unpaired) electrons. The highest BCUT2D eigenvalue weighted by Gasteiger charge is 2.26. The third kappa shape index (κ3) is 2.22. The van der Waals surface area contributed by atoms with Gasteiger partial charge < -0.3 is 10.4 Å². The van der Waals surface area contributed by atoms with Crippen LogP contribution in [0.3, 0.4) is 0 Å². The molecule has 1 atom stereocenters. The van der Waals surface area contributed by atoms with E-state index in [2.05, 4.69) is 5.32 Å². The number of hydrogen-bond donors (Lipinski definition) is 2. The summed E-state index contributed by atoms with van der Waals surface area (Å²) in [6.45, 7) is 0. The van der Waals surface area contributed by atoms with Crippen LogP contribution in [0.15, 0.2) is 18.2 Å². The van der Waals surface area contributed by atoms with E-state index < -0.39 is 12.0 Å². The van der Waals surface area contributed by atoms with E-state index in [-0.39, 0.29) is 5.78 Å². The second kappa shape index (κ2) is 4.67. The molecule has 0 aromatic heterocycles. The summed E-state index contributed by atoms with van der Waals surface area (Å²) >= 11 is 0. The number of rotatable bonds is 4. The molecule has 17 heavy (non-hydrogen) atoms. The van der Waals surface area contributed by atoms with Crippen LogP contribution in [-0.4, -0.2) is 29.9 Å². The average Bonchev–Trinajstić information content (AvgIpc) is 2.75. The zero-order valence-electron chi connectivity index (χ0n) is 9.69. The molecule has 4 heteroatoms. The number of aliphatic carboxylic acids is 1. The lowest BCUT2D eigenvalue weighted by Gasteiger charge is -2.11. The van der Waals surface area contributed by atoms with Crippen LogP contribution in [0.25, 0.3) is 0 Å². The lowest BCUT2D eigenvalue weighted by molar-refractivity contribution is -0.137. The van der Waals surface area contributed by atoms with Crippen molar-refractivity contribution in [2.75, 3.05) is 7.05 Å². The molecule has 4 nitrogen and oxygen atoms in total. The molecule has 0 saturated carbocycles. The Hall–Kier alpha value is -1.68. The number of hydrogen-bond acceptors (Lipinski definition) is 3. The maximum atomic E-state index is 12.0. The van der Waals surface area contributed by atoms with E-state index in [0.717, 1.165) is 19.3 Å². The number of carboxylic acid groups (broad SMARTS) is 1. The monoisotopic (exact) mass is 233 g/mol. The van der Waals surface area contributed by atoms with Crippen molar-refractivity contribution < 1.29 is 14.7 Å². The van der Waals surface area contributed by atoms with Gasteiger partial charge in [0, 0.05) is 5.56 Å². The molecule has 1 aromatic rings. The zero-order valence-corrected chi connectivity index (χ0v) is 9.69. The van der Waals surface area contributed by atoms with Crippen LogP contribution in [0, 0.1) is 0 Å². The van der Waals surface area contributed by atoms with Gasteiger partial charge in [0.15, 0.2) is 11.8 Å². The summed E-state index contributed by atoms with van der Waals surface area (Å²) in [7, 11) is 1.48. The third-order valence-electron chi connectivity index (χ3n) is 3.18. The van der Waals surface area contributed by atoms with Crippen molar-refractivity contribution in [2.45, 2.75) is 25.3 Å². The van der Waals surface area contributed by atoms with Crippen molar-refractivity contribution in [3.05, 3.63) is 34.9 Å². The SMILES string of the molecule is CNC(C(=O)O)C(=O)c1ccc2c(c1)CCC2. The highest BCUT2D eigenvalue weighted by molar-refractivity contribution is 6.11. The molecule has 1 unspecified atom stereocenters. The largest absolute Gasteiger partial charge is 0.480 e. The van der Waals surface area contributed by atoms with E-state index in [0.29, 0.717) is 5.56 Å². The van der Waals surface area contributed by atoms with Crippen molar-refractivity contribution >= 4 is 11.8 Å². The fourth-order valence-corrected chi connectivity index (χ4v) is 2.26. The number of Topliss-reactive ketones (excluding diaryl/α,β-unsaturated/α-hetero) is 1. The van der Waals surface area contributed by atoms with E-state index in [1.165, 1.54) is 18.2 Å². The molecular formula is C13H15NO3. The highest BCUT2D eigenvalue weighted by Crippen LogP contribution is 2.23. The van der Waals surface area contributed by atoms with Crippen LogP contribution in [0.2, 0.25) is 0 Å². The predicted octanol–water partition coefficient (Wildman–Crippen LogP) is 1.03. The van der Waals surface area contributed by atoms with Gasteiger partial charge in [0.2, 0.25) is 0 Å². The van der Waals surface area contributed by atoms with Gasteiger partial charge in [-0.05, 0) is 43.5 Å². The first-order valence-corrected chi connectivity index (χ1v) is 5.69. The number of ketones is 1. The normalized spacial score (nSPS) is 15.4. The first-order valence-electron chi connectivity index (χ1n) is 5.69. The third-order valence-corrected chi connectivity index (χ3v) is 3.18. The Balaban J connectivity index is 2.28. The van der Waals surface area contributed by atoms with Gasteiger partial charge in [-0.2, -0.15) is 0 Å². The fraction of sp³-hybridized carbons (Fsp3) is 0.385. The van der Waals surface area contributed by atoms with Gasteiger partial charge >= 0.3 is 5.97 Å². The molecule has 90 valence electrons. The number of fused-ring (bicyclic) bond motifs is 1. The Bertz CT molecular complexity index is 468. The van der Waals surface area contributed by atoms with Crippen molar-refractivity contribution in [3.8, 4) is 0 Å². The van der Waals surface area contributed by atoms with Gasteiger partial charge in [-0.3, -0.25) is 9.59 Å². The minimum atomic E-state index is -1.16. The number of carboxylic acids is 1. The molecule has 1 aromatic carbocycles. The minimum Gasteiger partial charge on any atom is -0.480 e. The molecule has 1 aliphatic rings. The molecule has 0 saturated heterocycles. The molecule has 0 aliphatic heterocycles. The smallest absolute Gasteiger partial charge is 0.328 e. The summed E-state index contributed by atoms with van der Waals surface area (Å²) in [5.41, 5.74) is 2.93. The molecular weight excluding hydrogens is 218 g/mol. The van der Waals surface area contributed by atoms with E-state index in [1.807, 2.05) is 12.1 Å². The number of carbonyl (C=O) groups excluding carboxylic acids is 1. The maximum absolute atomic E-state index is 12.0. The Morgan fingerprint density at radius 1 is 1.29 bits per heavy atom. The molecule has 2 N–H and O–H groups in total. The van der Waals surface area contributed by atoms with E-state index in [1.54, 1.807) is 6.07 Å². The van der Waals surface area contributed by atoms with Crippen molar-refractivity contribution in [3.63, 3.8) is 0 Å². The van der Waals surface area contributed by atoms with Gasteiger partial charge in [-0.15, -0.1) is 0 Å². The van der Waals surface area contributed by atoms with Gasteiger partial charge in [0.05, 0.1) is 0 Å². The Morgan fingerprint density at radius 2 is 2.00 bits per heavy atom. The Morgan fingerprint density at radius 3 is 2.65 bits per heavy atom. The van der Waals surface area contributed by atoms with Crippen molar-refractivity contribution in [2.24, 2.45) is 0 Å². The van der Waals surface area contributed by atoms with Crippen LogP contribution in [-0.2, 0) is 17.6 Å². The highest BCUT2D eigenvalue weighted by atomic mass is 16.4. The van der Waals surface area contributed by atoms with Crippen LogP contribution >= 0.6 is 0 Å². The lowest BCUT2D eigenvalue weighted by Crippen LogP contribution is -2.41. The molecule has 0 spiro atoms.